The van der Waals surface area contributed by atoms with Gasteiger partial charge in [0.05, 0.1) is 12.0 Å². The van der Waals surface area contributed by atoms with Gasteiger partial charge >= 0.3 is 12.1 Å². The number of carboxylic acid groups (broad SMARTS) is 1. The molecule has 0 aliphatic heterocycles. The third-order valence-corrected chi connectivity index (χ3v) is 6.66. The van der Waals surface area contributed by atoms with Crippen LogP contribution in [0.15, 0.2) is 65.7 Å². The van der Waals surface area contributed by atoms with E-state index in [1.165, 1.54) is 44.5 Å². The number of alkyl halides is 3. The Hall–Kier alpha value is -4.72. The van der Waals surface area contributed by atoms with Crippen molar-refractivity contribution >= 4 is 33.5 Å². The van der Waals surface area contributed by atoms with Gasteiger partial charge in [0.2, 0.25) is 5.95 Å². The quantitative estimate of drug-likeness (QED) is 0.282. The summed E-state index contributed by atoms with van der Waals surface area (Å²) < 4.78 is 70.8. The topological polar surface area (TPSA) is 136 Å². The molecule has 40 heavy (non-hydrogen) atoms. The molecule has 0 atom stereocenters. The highest BCUT2D eigenvalue weighted by molar-refractivity contribution is 7.90. The number of rotatable bonds is 8. The fourth-order valence-electron chi connectivity index (χ4n) is 3.71. The van der Waals surface area contributed by atoms with E-state index in [1.807, 2.05) is 0 Å². The minimum Gasteiger partial charge on any atom is -0.497 e. The number of anilines is 2. The van der Waals surface area contributed by atoms with E-state index in [1.54, 1.807) is 24.3 Å². The second kappa shape index (κ2) is 10.8. The van der Waals surface area contributed by atoms with E-state index in [4.69, 9.17) is 9.84 Å². The Kier molecular flexibility index (Phi) is 7.64. The van der Waals surface area contributed by atoms with E-state index in [2.05, 4.69) is 20.4 Å². The van der Waals surface area contributed by atoms with Crippen LogP contribution < -0.4 is 10.1 Å². The highest BCUT2D eigenvalue weighted by atomic mass is 32.2. The van der Waals surface area contributed by atoms with Gasteiger partial charge in [-0.15, -0.1) is 0 Å². The lowest BCUT2D eigenvalue weighted by molar-refractivity contribution is -0.141. The van der Waals surface area contributed by atoms with Gasteiger partial charge in [0.15, 0.2) is 21.3 Å². The number of aliphatic carboxylic acids is 1. The lowest BCUT2D eigenvalue weighted by Crippen LogP contribution is -2.11. The van der Waals surface area contributed by atoms with Crippen molar-refractivity contribution in [3.05, 3.63) is 77.8 Å². The molecule has 0 aliphatic carbocycles. The molecular weight excluding hydrogens is 551 g/mol. The summed E-state index contributed by atoms with van der Waals surface area (Å²) >= 11 is 0. The molecule has 4 rings (SSSR count). The van der Waals surface area contributed by atoms with Gasteiger partial charge in [-0.2, -0.15) is 23.3 Å². The molecule has 14 heteroatoms. The van der Waals surface area contributed by atoms with E-state index in [-0.39, 0.29) is 33.8 Å². The average Bonchev–Trinajstić information content (AvgIpc) is 3.29. The van der Waals surface area contributed by atoms with Crippen molar-refractivity contribution in [3.8, 4) is 22.7 Å². The molecule has 208 valence electrons. The number of benzene rings is 2. The number of ether oxygens (including phenoxy) is 1. The Labute approximate surface area is 226 Å². The maximum absolute atomic E-state index is 13.5. The summed E-state index contributed by atoms with van der Waals surface area (Å²) in [6.45, 7) is 1.44. The molecule has 0 saturated heterocycles. The maximum atomic E-state index is 13.5. The number of hydrogen-bond donors (Lipinski definition) is 2. The largest absolute Gasteiger partial charge is 0.497 e. The number of nitrogens with zero attached hydrogens (tertiary/aromatic N) is 4. The lowest BCUT2D eigenvalue weighted by Gasteiger charge is -2.14. The SMILES string of the molecule is COc1cc(Nc2ncc(-c3cccc(/C=C/C(=O)O)c3)c(-n3nc(C(F)(F)F)cc3C)n2)cc(S(C)(=O)=O)c1. The molecule has 0 radical (unpaired) electrons. The Bertz CT molecular complexity index is 1730. The molecule has 2 N–H and O–H groups in total. The van der Waals surface area contributed by atoms with Crippen LogP contribution in [-0.4, -0.2) is 52.6 Å². The van der Waals surface area contributed by atoms with Gasteiger partial charge in [-0.3, -0.25) is 0 Å². The van der Waals surface area contributed by atoms with Crippen LogP contribution in [0.4, 0.5) is 24.8 Å². The van der Waals surface area contributed by atoms with Gasteiger partial charge in [0, 0.05) is 41.5 Å². The third kappa shape index (κ3) is 6.46. The monoisotopic (exact) mass is 573 g/mol. The Morgan fingerprint density at radius 3 is 2.52 bits per heavy atom. The number of halogens is 3. The first-order valence-corrected chi connectivity index (χ1v) is 13.3. The predicted octanol–water partition coefficient (Wildman–Crippen LogP) is 4.91. The fraction of sp³-hybridized carbons (Fsp3) is 0.154. The second-order valence-corrected chi connectivity index (χ2v) is 10.6. The van der Waals surface area contributed by atoms with Gasteiger partial charge in [-0.1, -0.05) is 18.2 Å². The molecule has 2 aromatic heterocycles. The van der Waals surface area contributed by atoms with Gasteiger partial charge < -0.3 is 15.2 Å². The summed E-state index contributed by atoms with van der Waals surface area (Å²) in [5.41, 5.74) is 0.587. The van der Waals surface area contributed by atoms with Crippen molar-refractivity contribution in [3.63, 3.8) is 0 Å². The van der Waals surface area contributed by atoms with Crippen LogP contribution in [0.25, 0.3) is 23.0 Å². The van der Waals surface area contributed by atoms with E-state index in [9.17, 15) is 26.4 Å². The molecule has 0 bridgehead atoms. The van der Waals surface area contributed by atoms with Crippen molar-refractivity contribution in [2.45, 2.75) is 18.0 Å². The van der Waals surface area contributed by atoms with Crippen LogP contribution in [0.3, 0.4) is 0 Å². The fourth-order valence-corrected chi connectivity index (χ4v) is 4.38. The summed E-state index contributed by atoms with van der Waals surface area (Å²) in [5, 5.41) is 15.5. The van der Waals surface area contributed by atoms with Crippen LogP contribution in [0, 0.1) is 6.92 Å². The maximum Gasteiger partial charge on any atom is 0.435 e. The number of carbonyl (C=O) groups is 1. The van der Waals surface area contributed by atoms with Crippen LogP contribution in [0.1, 0.15) is 17.0 Å². The Morgan fingerprint density at radius 1 is 1.15 bits per heavy atom. The second-order valence-electron chi connectivity index (χ2n) is 8.60. The normalized spacial score (nSPS) is 12.1. The van der Waals surface area contributed by atoms with Gasteiger partial charge in [0.25, 0.3) is 0 Å². The molecule has 0 unspecified atom stereocenters. The van der Waals surface area contributed by atoms with Gasteiger partial charge in [-0.05, 0) is 48.4 Å². The molecule has 4 aromatic rings. The molecule has 10 nitrogen and oxygen atoms in total. The molecule has 0 amide bonds. The van der Waals surface area contributed by atoms with Crippen LogP contribution in [0.2, 0.25) is 0 Å². The molecular formula is C26H22F3N5O5S. The average molecular weight is 574 g/mol. The molecule has 0 fully saturated rings. The number of methoxy groups -OCH3 is 1. The Balaban J connectivity index is 1.87. The summed E-state index contributed by atoms with van der Waals surface area (Å²) in [6, 6.07) is 11.7. The summed E-state index contributed by atoms with van der Waals surface area (Å²) in [6.07, 6.45) is 0.0275. The summed E-state index contributed by atoms with van der Waals surface area (Å²) in [5.74, 6) is -0.965. The molecule has 0 saturated carbocycles. The van der Waals surface area contributed by atoms with Crippen molar-refractivity contribution in [2.24, 2.45) is 0 Å². The number of aryl methyl sites for hydroxylation is 1. The number of aromatic nitrogens is 4. The van der Waals surface area contributed by atoms with E-state index < -0.39 is 27.7 Å². The van der Waals surface area contributed by atoms with E-state index >= 15 is 0 Å². The van der Waals surface area contributed by atoms with E-state index in [0.717, 1.165) is 23.1 Å². The highest BCUT2D eigenvalue weighted by Gasteiger charge is 2.35. The molecule has 2 aromatic carbocycles. The standard InChI is InChI=1S/C26H22F3N5O5S/c1-15-9-22(26(27,28)29)33-34(15)24-21(17-6-4-5-16(10-17)7-8-23(35)36)14-30-25(32-24)31-18-11-19(39-2)13-20(12-18)40(3,37)38/h4-14H,1-3H3,(H,35,36)(H,30,31,32)/b8-7+. The van der Waals surface area contributed by atoms with Crippen LogP contribution >= 0.6 is 0 Å². The Morgan fingerprint density at radius 2 is 1.90 bits per heavy atom. The van der Waals surface area contributed by atoms with Gasteiger partial charge in [-0.25, -0.2) is 22.9 Å². The van der Waals surface area contributed by atoms with Crippen molar-refractivity contribution in [1.29, 1.82) is 0 Å². The molecule has 2 heterocycles. The first kappa shape index (κ1) is 28.3. The number of sulfone groups is 1. The zero-order valence-corrected chi connectivity index (χ0v) is 22.1. The first-order valence-electron chi connectivity index (χ1n) is 11.4. The number of nitrogens with one attached hydrogen (secondary N) is 1. The summed E-state index contributed by atoms with van der Waals surface area (Å²) in [7, 11) is -2.23. The minimum atomic E-state index is -4.70. The third-order valence-electron chi connectivity index (χ3n) is 5.56. The van der Waals surface area contributed by atoms with Crippen molar-refractivity contribution < 1.29 is 36.2 Å². The molecule has 0 aliphatic rings. The minimum absolute atomic E-state index is 0.00361. The first-order chi connectivity index (χ1) is 18.7. The summed E-state index contributed by atoms with van der Waals surface area (Å²) in [4.78, 5) is 19.6. The van der Waals surface area contributed by atoms with Crippen LogP contribution in [0.5, 0.6) is 5.75 Å². The lowest BCUT2D eigenvalue weighted by atomic mass is 10.0. The predicted molar refractivity (Wildman–Crippen MR) is 140 cm³/mol. The molecule has 0 spiro atoms. The van der Waals surface area contributed by atoms with Crippen molar-refractivity contribution in [1.82, 2.24) is 19.7 Å². The zero-order valence-electron chi connectivity index (χ0n) is 21.3. The smallest absolute Gasteiger partial charge is 0.435 e. The van der Waals surface area contributed by atoms with Gasteiger partial charge in [0.1, 0.15) is 5.75 Å². The number of carboxylic acids is 1. The van der Waals surface area contributed by atoms with E-state index in [0.29, 0.717) is 16.7 Å². The zero-order chi connectivity index (χ0) is 29.2. The number of hydrogen-bond acceptors (Lipinski definition) is 8. The van der Waals surface area contributed by atoms with Crippen LogP contribution in [-0.2, 0) is 20.8 Å². The highest BCUT2D eigenvalue weighted by Crippen LogP contribution is 2.33. The van der Waals surface area contributed by atoms with Crippen molar-refractivity contribution in [2.75, 3.05) is 18.7 Å².